The lowest BCUT2D eigenvalue weighted by molar-refractivity contribution is -0.134. The van der Waals surface area contributed by atoms with E-state index in [1.54, 1.807) is 84.3 Å². The van der Waals surface area contributed by atoms with Gasteiger partial charge in [-0.15, -0.1) is 5.10 Å². The Morgan fingerprint density at radius 1 is 0.621 bits per heavy atom. The Labute approximate surface area is 677 Å². The maximum absolute atomic E-state index is 14.9. The molecule has 608 valence electrons. The summed E-state index contributed by atoms with van der Waals surface area (Å²) in [5.41, 5.74) is 7.53. The number of anilines is 1. The molecule has 3 heterocycles. The van der Waals surface area contributed by atoms with Crippen LogP contribution in [0, 0.1) is 5.92 Å². The molecule has 0 radical (unpaired) electrons. The first-order valence-electron chi connectivity index (χ1n) is 39.6. The fraction of sp³-hybridized carbons (Fsp3) is 0.348. The fourth-order valence-corrected chi connectivity index (χ4v) is 18.3. The van der Waals surface area contributed by atoms with E-state index in [9.17, 15) is 60.6 Å². The van der Waals surface area contributed by atoms with Crippen LogP contribution in [-0.2, 0) is 58.4 Å². The number of aromatic hydroxyl groups is 1. The molecule has 2 aliphatic heterocycles. The number of sulfonamides is 1. The predicted molar refractivity (Wildman–Crippen MR) is 444 cm³/mol. The number of aromatic nitrogens is 3. The monoisotopic (exact) mass is 1610 g/mol. The molecule has 3 atom stereocenters. The van der Waals surface area contributed by atoms with Crippen LogP contribution in [0.25, 0.3) is 33.4 Å². The Balaban J connectivity index is 0.691. The van der Waals surface area contributed by atoms with Crippen LogP contribution in [0.2, 0.25) is 0 Å². The van der Waals surface area contributed by atoms with Crippen molar-refractivity contribution in [1.82, 2.24) is 49.6 Å². The number of sulfone groups is 1. The minimum Gasteiger partial charge on any atom is -0.508 e. The highest BCUT2D eigenvalue weighted by Gasteiger charge is 2.37. The van der Waals surface area contributed by atoms with Gasteiger partial charge in [0.2, 0.25) is 48.8 Å². The van der Waals surface area contributed by atoms with Crippen LogP contribution in [0.1, 0.15) is 146 Å². The number of aliphatic hydroxyl groups is 1. The van der Waals surface area contributed by atoms with Gasteiger partial charge in [-0.1, -0.05) is 135 Å². The Morgan fingerprint density at radius 2 is 1.26 bits per heavy atom. The number of aliphatic hydroxyl groups excluding tert-OH is 1. The average molecular weight is 1610 g/mol. The number of hydrogen-bond donors (Lipinski definition) is 5. The summed E-state index contributed by atoms with van der Waals surface area (Å²) in [4.78, 5) is 99.5. The van der Waals surface area contributed by atoms with Crippen molar-refractivity contribution in [3.63, 3.8) is 0 Å². The summed E-state index contributed by atoms with van der Waals surface area (Å²) >= 11 is 0. The van der Waals surface area contributed by atoms with Crippen molar-refractivity contribution < 1.29 is 65.0 Å². The zero-order valence-corrected chi connectivity index (χ0v) is 68.2. The Kier molecular flexibility index (Phi) is 28.9. The molecule has 1 unspecified atom stereocenters. The molecule has 27 heteroatoms. The number of Topliss-reactive ketones (excluding diaryl/α,β-unsaturated/α-hetero) is 1. The van der Waals surface area contributed by atoms with Crippen molar-refractivity contribution in [1.29, 1.82) is 0 Å². The van der Waals surface area contributed by atoms with Crippen LogP contribution in [0.3, 0.4) is 0 Å². The molecule has 1 aromatic heterocycles. The molecule has 3 aliphatic rings. The molecule has 7 aromatic carbocycles. The van der Waals surface area contributed by atoms with Gasteiger partial charge < -0.3 is 45.3 Å². The third kappa shape index (κ3) is 20.9. The topological polar surface area (TPSA) is 324 Å². The summed E-state index contributed by atoms with van der Waals surface area (Å²) in [5.74, 6) is -1.74. The van der Waals surface area contributed by atoms with Crippen LogP contribution < -0.4 is 30.8 Å². The predicted octanol–water partition coefficient (Wildman–Crippen LogP) is 10.7. The van der Waals surface area contributed by atoms with Gasteiger partial charge in [-0.05, 0) is 137 Å². The third-order valence-corrected chi connectivity index (χ3v) is 24.9. The minimum absolute atomic E-state index is 0.0138. The van der Waals surface area contributed by atoms with Gasteiger partial charge in [-0.3, -0.25) is 33.6 Å². The van der Waals surface area contributed by atoms with Crippen LogP contribution in [0.15, 0.2) is 213 Å². The normalized spacial score (nSPS) is 13.3. The van der Waals surface area contributed by atoms with Gasteiger partial charge in [-0.25, -0.2) is 26.1 Å². The molecular weight excluding hydrogens is 1510 g/mol. The summed E-state index contributed by atoms with van der Waals surface area (Å²) in [6, 6.07) is 50.1. The highest BCUT2D eigenvalue weighted by molar-refractivity contribution is 7.93. The van der Waals surface area contributed by atoms with E-state index in [0.717, 1.165) is 63.6 Å². The second-order valence-electron chi connectivity index (χ2n) is 29.4. The van der Waals surface area contributed by atoms with Crippen molar-refractivity contribution >= 4 is 77.6 Å². The van der Waals surface area contributed by atoms with Crippen LogP contribution >= 0.6 is 0 Å². The quantitative estimate of drug-likeness (QED) is 0.0105. The smallest absolute Gasteiger partial charge is 0.254 e. The number of piperazine rings is 1. The van der Waals surface area contributed by atoms with Crippen LogP contribution in [-0.4, -0.2) is 181 Å². The van der Waals surface area contributed by atoms with Crippen molar-refractivity contribution in [2.75, 3.05) is 76.9 Å². The Hall–Kier alpha value is -11.5. The van der Waals surface area contributed by atoms with Gasteiger partial charge >= 0.3 is 0 Å². The lowest BCUT2D eigenvalue weighted by Crippen LogP contribution is -2.50. The fourth-order valence-electron chi connectivity index (χ4n) is 14.7. The second kappa shape index (κ2) is 39.2. The first-order valence-corrected chi connectivity index (χ1v) is 42.5. The maximum atomic E-state index is 14.9. The highest BCUT2D eigenvalue weighted by Crippen LogP contribution is 2.43. The number of nitrogens with one attached hydrogen (secondary N) is 3. The van der Waals surface area contributed by atoms with Crippen molar-refractivity contribution in [2.45, 2.75) is 139 Å². The Morgan fingerprint density at radius 3 is 1.94 bits per heavy atom. The van der Waals surface area contributed by atoms with Crippen LogP contribution in [0.5, 0.6) is 5.75 Å². The number of unbranched alkanes of at least 4 members (excludes halogenated alkanes) is 2. The summed E-state index contributed by atoms with van der Waals surface area (Å²) < 4.78 is 69.7. The van der Waals surface area contributed by atoms with E-state index in [4.69, 9.17) is 4.42 Å². The molecule has 8 aromatic rings. The molecule has 0 spiro atoms. The summed E-state index contributed by atoms with van der Waals surface area (Å²) in [6.45, 7) is 17.3. The number of phenolic OH excluding ortho intramolecular Hbond substituents is 1. The molecule has 1 aliphatic carbocycles. The van der Waals surface area contributed by atoms with E-state index in [1.807, 2.05) is 30.3 Å². The molecule has 0 saturated carbocycles. The van der Waals surface area contributed by atoms with E-state index in [0.29, 0.717) is 91.1 Å². The molecule has 5 amide bonds. The lowest BCUT2D eigenvalue weighted by Gasteiger charge is -2.35. The van der Waals surface area contributed by atoms with E-state index in [2.05, 4.69) is 99.8 Å². The molecule has 116 heavy (non-hydrogen) atoms. The molecule has 25 nitrogen and oxygen atoms in total. The number of amides is 5. The average Bonchev–Trinajstić information content (AvgIpc) is 0.769. The van der Waals surface area contributed by atoms with Crippen molar-refractivity contribution in [3.05, 3.63) is 239 Å². The number of carbonyl (C=O) groups excluding carboxylic acids is 7. The van der Waals surface area contributed by atoms with Gasteiger partial charge in [0.05, 0.1) is 40.7 Å². The number of ketones is 2. The SMILES string of the molecule is CCN(CC)c1ccc2c(-c3ccccc3C(=O)N3CCN(C(=O)CCC(=O)NCCCCCC(=O)N[C@@H](Cc4ccc(C(=O)c5ccccc5)cc4)C(=O)NCc4cn([C@@H](Cc5ccc(O)cc5)C(O)CN(CC(C)C)S(=O)(=O)c5ccccc5S(=O)(=O)c5ccc(C(C)=O)cc5)nn4)CC3)c3ccc(=[N+](CC)CC)cc-3oc2c1. The van der Waals surface area contributed by atoms with Gasteiger partial charge in [0.25, 0.3) is 5.91 Å². The maximum Gasteiger partial charge on any atom is 0.254 e. The molecule has 0 bridgehead atoms. The number of rotatable bonds is 37. The second-order valence-corrected chi connectivity index (χ2v) is 33.3. The van der Waals surface area contributed by atoms with E-state index < -0.39 is 66.2 Å². The number of carbonyl (C=O) groups is 7. The molecule has 1 saturated heterocycles. The zero-order valence-electron chi connectivity index (χ0n) is 66.6. The summed E-state index contributed by atoms with van der Waals surface area (Å²) in [6.07, 6.45) is 1.46. The largest absolute Gasteiger partial charge is 0.508 e. The highest BCUT2D eigenvalue weighted by atomic mass is 32.2. The van der Waals surface area contributed by atoms with Crippen molar-refractivity contribution in [2.24, 2.45) is 5.92 Å². The molecule has 5 N–H and O–H groups in total. The Bertz CT molecular complexity index is 5430. The summed E-state index contributed by atoms with van der Waals surface area (Å²) in [5, 5.41) is 41.8. The number of hydrogen-bond acceptors (Lipinski definition) is 17. The lowest BCUT2D eigenvalue weighted by atomic mass is 9.90. The van der Waals surface area contributed by atoms with Gasteiger partial charge in [0.1, 0.15) is 46.8 Å². The standard InChI is InChI=1S/C89H101N11O14S2/c1-8-95(9-2)68-37-43-74-79(54-68)114-80-55-69(96(10-3)11-4)38-44-75(80)86(74)72-24-17-18-25-73(72)89(109)98-50-48-97(49-51-98)85(106)46-45-83(104)90-47-21-13-16-28-84(105)92-76(52-62-29-33-66(34-30-62)87(107)65-22-14-12-15-23-65)88(108)91-56-67-58-100(94-93-67)77(53-63-31-39-70(102)40-32-63)78(103)59-99(57-60(5)6)116(112,113)82-27-20-19-26-81(82)115(110,111)71-41-35-64(36-42-71)61(7)101/h12,14-15,17-20,22-27,29-44,54-55,58,60,76-78,103H,8-11,13,16,21,28,45-53,56-57,59H2,1-7H3,(H3-,90,91,92,102,104,105,108)/p+1/t76-,77-,78?/m0/s1. The van der Waals surface area contributed by atoms with E-state index in [1.165, 1.54) is 78.5 Å². The molecule has 1 fully saturated rings. The number of nitrogens with zero attached hydrogens (tertiary/aromatic N) is 8. The van der Waals surface area contributed by atoms with Crippen LogP contribution in [0.4, 0.5) is 5.69 Å². The van der Waals surface area contributed by atoms with Gasteiger partial charge in [-0.2, -0.15) is 4.31 Å². The first-order chi connectivity index (χ1) is 55.8. The van der Waals surface area contributed by atoms with Crippen molar-refractivity contribution in [3.8, 4) is 28.2 Å². The minimum atomic E-state index is -4.70. The number of fused-ring (bicyclic) bond motifs is 2. The number of phenols is 1. The molecule has 11 rings (SSSR count). The van der Waals surface area contributed by atoms with E-state index in [-0.39, 0.29) is 102 Å². The number of benzene rings is 8. The first kappa shape index (κ1) is 85.4. The zero-order chi connectivity index (χ0) is 82.8. The van der Waals surface area contributed by atoms with Gasteiger partial charge in [0, 0.05) is 141 Å². The third-order valence-electron chi connectivity index (χ3n) is 21.1. The molecular formula is C89H102N11O14S2+. The van der Waals surface area contributed by atoms with E-state index >= 15 is 0 Å². The van der Waals surface area contributed by atoms with Gasteiger partial charge in [0.15, 0.2) is 11.6 Å². The summed E-state index contributed by atoms with van der Waals surface area (Å²) in [7, 11) is -9.19.